The zero-order valence-electron chi connectivity index (χ0n) is 8.96. The lowest BCUT2D eigenvalue weighted by Crippen LogP contribution is -2.17. The Hall–Kier alpha value is -1.00. The smallest absolute Gasteiger partial charge is 0.175 e. The summed E-state index contributed by atoms with van der Waals surface area (Å²) in [6, 6.07) is 4.05. The van der Waals surface area contributed by atoms with Crippen LogP contribution in [0.5, 0.6) is 11.5 Å². The van der Waals surface area contributed by atoms with Gasteiger partial charge >= 0.3 is 0 Å². The van der Waals surface area contributed by atoms with Crippen molar-refractivity contribution in [3.63, 3.8) is 0 Å². The molecule has 0 unspecified atom stereocenters. The van der Waals surface area contributed by atoms with Crippen molar-refractivity contribution in [3.05, 3.63) is 34.8 Å². The standard InChI is InChI=1S/C12H14BrNO2/c1-2-3-14-8-9-6-10(13)12-11(7-9)15-4-5-16-12/h2,6-7,14H,1,3-5,8H2. The molecule has 0 saturated heterocycles. The first-order chi connectivity index (χ1) is 7.81. The molecule has 0 saturated carbocycles. The molecule has 1 aliphatic rings. The first-order valence-electron chi connectivity index (χ1n) is 5.21. The largest absolute Gasteiger partial charge is 0.486 e. The van der Waals surface area contributed by atoms with Gasteiger partial charge in [-0.2, -0.15) is 0 Å². The Morgan fingerprint density at radius 3 is 3.00 bits per heavy atom. The quantitative estimate of drug-likeness (QED) is 0.680. The zero-order valence-corrected chi connectivity index (χ0v) is 10.5. The fourth-order valence-corrected chi connectivity index (χ4v) is 2.19. The molecule has 86 valence electrons. The first-order valence-corrected chi connectivity index (χ1v) is 6.00. The molecule has 3 nitrogen and oxygen atoms in total. The minimum Gasteiger partial charge on any atom is -0.486 e. The molecule has 0 bridgehead atoms. The fourth-order valence-electron chi connectivity index (χ4n) is 1.58. The van der Waals surface area contributed by atoms with Gasteiger partial charge in [0, 0.05) is 13.1 Å². The number of ether oxygens (including phenoxy) is 2. The van der Waals surface area contributed by atoms with Crippen molar-refractivity contribution in [3.8, 4) is 11.5 Å². The molecule has 0 aliphatic carbocycles. The normalized spacial score (nSPS) is 13.6. The Morgan fingerprint density at radius 2 is 2.19 bits per heavy atom. The lowest BCUT2D eigenvalue weighted by atomic mass is 10.2. The monoisotopic (exact) mass is 283 g/mol. The Kier molecular flexibility index (Phi) is 3.85. The molecule has 1 aromatic rings. The molecule has 0 atom stereocenters. The fraction of sp³-hybridized carbons (Fsp3) is 0.333. The van der Waals surface area contributed by atoms with Gasteiger partial charge in [-0.3, -0.25) is 0 Å². The van der Waals surface area contributed by atoms with E-state index in [9.17, 15) is 0 Å². The van der Waals surface area contributed by atoms with Gasteiger partial charge in [0.1, 0.15) is 13.2 Å². The molecule has 1 N–H and O–H groups in total. The van der Waals surface area contributed by atoms with Crippen LogP contribution < -0.4 is 14.8 Å². The number of hydrogen-bond donors (Lipinski definition) is 1. The van der Waals surface area contributed by atoms with Crippen molar-refractivity contribution >= 4 is 15.9 Å². The molecule has 0 radical (unpaired) electrons. The summed E-state index contributed by atoms with van der Waals surface area (Å²) in [7, 11) is 0. The van der Waals surface area contributed by atoms with Crippen molar-refractivity contribution < 1.29 is 9.47 Å². The van der Waals surface area contributed by atoms with Gasteiger partial charge in [-0.1, -0.05) is 6.08 Å². The van der Waals surface area contributed by atoms with E-state index in [2.05, 4.69) is 27.8 Å². The second-order valence-electron chi connectivity index (χ2n) is 3.52. The van der Waals surface area contributed by atoms with Crippen molar-refractivity contribution in [2.24, 2.45) is 0 Å². The van der Waals surface area contributed by atoms with Crippen LogP contribution in [0.2, 0.25) is 0 Å². The number of hydrogen-bond acceptors (Lipinski definition) is 3. The van der Waals surface area contributed by atoms with Crippen molar-refractivity contribution in [1.29, 1.82) is 0 Å². The van der Waals surface area contributed by atoms with E-state index in [4.69, 9.17) is 9.47 Å². The number of nitrogens with one attached hydrogen (secondary N) is 1. The van der Waals surface area contributed by atoms with E-state index in [0.29, 0.717) is 13.2 Å². The third-order valence-electron chi connectivity index (χ3n) is 2.27. The number of fused-ring (bicyclic) bond motifs is 1. The van der Waals surface area contributed by atoms with Crippen LogP contribution in [-0.4, -0.2) is 19.8 Å². The Balaban J connectivity index is 2.15. The third kappa shape index (κ3) is 2.57. The molecule has 2 rings (SSSR count). The summed E-state index contributed by atoms with van der Waals surface area (Å²) in [4.78, 5) is 0. The van der Waals surface area contributed by atoms with Gasteiger partial charge in [-0.15, -0.1) is 6.58 Å². The number of benzene rings is 1. The second kappa shape index (κ2) is 5.37. The van der Waals surface area contributed by atoms with Crippen molar-refractivity contribution in [2.75, 3.05) is 19.8 Å². The van der Waals surface area contributed by atoms with E-state index in [-0.39, 0.29) is 0 Å². The van der Waals surface area contributed by atoms with Crippen LogP contribution in [0.15, 0.2) is 29.3 Å². The molecule has 4 heteroatoms. The average molecular weight is 284 g/mol. The van der Waals surface area contributed by atoms with Gasteiger partial charge in [0.2, 0.25) is 0 Å². The molecule has 1 aromatic carbocycles. The van der Waals surface area contributed by atoms with E-state index in [1.165, 1.54) is 0 Å². The molecule has 1 heterocycles. The van der Waals surface area contributed by atoms with Crippen LogP contribution >= 0.6 is 15.9 Å². The summed E-state index contributed by atoms with van der Waals surface area (Å²) in [6.07, 6.45) is 1.84. The van der Waals surface area contributed by atoms with Crippen LogP contribution in [-0.2, 0) is 6.54 Å². The minimum absolute atomic E-state index is 0.611. The maximum Gasteiger partial charge on any atom is 0.175 e. The molecule has 0 fully saturated rings. The summed E-state index contributed by atoms with van der Waals surface area (Å²) in [5.74, 6) is 1.62. The van der Waals surface area contributed by atoms with Crippen LogP contribution in [0.1, 0.15) is 5.56 Å². The number of halogens is 1. The van der Waals surface area contributed by atoms with Gasteiger partial charge in [0.05, 0.1) is 4.47 Å². The second-order valence-corrected chi connectivity index (χ2v) is 4.38. The molecule has 0 aromatic heterocycles. The van der Waals surface area contributed by atoms with E-state index >= 15 is 0 Å². The van der Waals surface area contributed by atoms with Crippen LogP contribution in [0.25, 0.3) is 0 Å². The molecular weight excluding hydrogens is 270 g/mol. The highest BCUT2D eigenvalue weighted by molar-refractivity contribution is 9.10. The summed E-state index contributed by atoms with van der Waals surface area (Å²) in [5, 5.41) is 3.25. The zero-order chi connectivity index (χ0) is 11.4. The molecule has 16 heavy (non-hydrogen) atoms. The van der Waals surface area contributed by atoms with E-state index in [1.54, 1.807) is 0 Å². The first kappa shape index (κ1) is 11.5. The highest BCUT2D eigenvalue weighted by Crippen LogP contribution is 2.38. The SMILES string of the molecule is C=CCNCc1cc(Br)c2c(c1)OCCO2. The van der Waals surface area contributed by atoms with Crippen molar-refractivity contribution in [2.45, 2.75) is 6.54 Å². The van der Waals surface area contributed by atoms with E-state index in [1.807, 2.05) is 18.2 Å². The van der Waals surface area contributed by atoms with E-state index < -0.39 is 0 Å². The predicted octanol–water partition coefficient (Wildman–Crippen LogP) is 2.50. The lowest BCUT2D eigenvalue weighted by Gasteiger charge is -2.20. The summed E-state index contributed by atoms with van der Waals surface area (Å²) in [5.41, 5.74) is 1.16. The Morgan fingerprint density at radius 1 is 1.38 bits per heavy atom. The van der Waals surface area contributed by atoms with Gasteiger partial charge in [0.25, 0.3) is 0 Å². The predicted molar refractivity (Wildman–Crippen MR) is 67.0 cm³/mol. The Labute approximate surface area is 104 Å². The Bertz CT molecular complexity index is 393. The van der Waals surface area contributed by atoms with Gasteiger partial charge in [-0.25, -0.2) is 0 Å². The minimum atomic E-state index is 0.611. The maximum atomic E-state index is 5.55. The maximum absolute atomic E-state index is 5.55. The van der Waals surface area contributed by atoms with Crippen molar-refractivity contribution in [1.82, 2.24) is 5.32 Å². The molecular formula is C12H14BrNO2. The highest BCUT2D eigenvalue weighted by Gasteiger charge is 2.15. The third-order valence-corrected chi connectivity index (χ3v) is 2.86. The highest BCUT2D eigenvalue weighted by atomic mass is 79.9. The number of rotatable bonds is 4. The summed E-state index contributed by atoms with van der Waals surface area (Å²) >= 11 is 3.49. The average Bonchev–Trinajstić information content (AvgIpc) is 2.30. The lowest BCUT2D eigenvalue weighted by molar-refractivity contribution is 0.170. The van der Waals surface area contributed by atoms with E-state index in [0.717, 1.165) is 34.6 Å². The van der Waals surface area contributed by atoms with Gasteiger partial charge in [0.15, 0.2) is 11.5 Å². The van der Waals surface area contributed by atoms with Gasteiger partial charge in [-0.05, 0) is 33.6 Å². The summed E-state index contributed by atoms with van der Waals surface area (Å²) < 4.78 is 12.0. The molecule has 1 aliphatic heterocycles. The molecule has 0 spiro atoms. The summed E-state index contributed by atoms with van der Waals surface area (Å²) in [6.45, 7) is 6.48. The van der Waals surface area contributed by atoms with Crippen LogP contribution in [0, 0.1) is 0 Å². The van der Waals surface area contributed by atoms with Crippen LogP contribution in [0.3, 0.4) is 0 Å². The van der Waals surface area contributed by atoms with Crippen LogP contribution in [0.4, 0.5) is 0 Å². The van der Waals surface area contributed by atoms with Gasteiger partial charge < -0.3 is 14.8 Å². The topological polar surface area (TPSA) is 30.5 Å². The molecule has 0 amide bonds.